The number of ketones is 1. The van der Waals surface area contributed by atoms with Gasteiger partial charge in [-0.05, 0) is 50.3 Å². The van der Waals surface area contributed by atoms with E-state index in [0.29, 0.717) is 29.4 Å². The van der Waals surface area contributed by atoms with Crippen molar-refractivity contribution < 1.29 is 13.9 Å². The fourth-order valence-electron chi connectivity index (χ4n) is 2.61. The molecule has 0 radical (unpaired) electrons. The number of rotatable bonds is 4. The second kappa shape index (κ2) is 6.18. The van der Waals surface area contributed by atoms with Gasteiger partial charge in [-0.3, -0.25) is 4.79 Å². The molecule has 2 rings (SSSR count). The minimum atomic E-state index is -0.352. The Bertz CT molecular complexity index is 462. The van der Waals surface area contributed by atoms with Crippen LogP contribution < -0.4 is 4.74 Å². The van der Waals surface area contributed by atoms with E-state index in [1.54, 1.807) is 13.0 Å². The summed E-state index contributed by atoms with van der Waals surface area (Å²) in [6, 6.07) is 2.92. The van der Waals surface area contributed by atoms with Gasteiger partial charge < -0.3 is 4.74 Å². The lowest BCUT2D eigenvalue weighted by atomic mass is 9.90. The van der Waals surface area contributed by atoms with Gasteiger partial charge in [-0.1, -0.05) is 19.3 Å². The van der Waals surface area contributed by atoms with Gasteiger partial charge in [-0.2, -0.15) is 0 Å². The zero-order valence-electron chi connectivity index (χ0n) is 11.7. The first kappa shape index (κ1) is 14.0. The number of halogens is 1. The van der Waals surface area contributed by atoms with Crippen LogP contribution in [0.3, 0.4) is 0 Å². The highest BCUT2D eigenvalue weighted by atomic mass is 19.1. The fourth-order valence-corrected chi connectivity index (χ4v) is 2.61. The maximum atomic E-state index is 13.5. The molecule has 19 heavy (non-hydrogen) atoms. The van der Waals surface area contributed by atoms with Crippen LogP contribution in [0.1, 0.15) is 54.9 Å². The zero-order valence-corrected chi connectivity index (χ0v) is 11.7. The SMILES string of the molecule is CC(=O)c1cc(F)c(C)cc1OCC1CCCCC1. The second-order valence-electron chi connectivity index (χ2n) is 5.47. The van der Waals surface area contributed by atoms with Crippen molar-refractivity contribution in [1.82, 2.24) is 0 Å². The van der Waals surface area contributed by atoms with Crippen LogP contribution in [0.4, 0.5) is 4.39 Å². The maximum Gasteiger partial charge on any atom is 0.163 e. The highest BCUT2D eigenvalue weighted by Crippen LogP contribution is 2.27. The lowest BCUT2D eigenvalue weighted by Gasteiger charge is -2.22. The third kappa shape index (κ3) is 3.55. The van der Waals surface area contributed by atoms with Crippen molar-refractivity contribution in [2.75, 3.05) is 6.61 Å². The van der Waals surface area contributed by atoms with Crippen LogP contribution in [0, 0.1) is 18.7 Å². The lowest BCUT2D eigenvalue weighted by Crippen LogP contribution is -2.16. The topological polar surface area (TPSA) is 26.3 Å². The van der Waals surface area contributed by atoms with Crippen molar-refractivity contribution in [2.45, 2.75) is 46.0 Å². The van der Waals surface area contributed by atoms with Crippen molar-refractivity contribution in [3.63, 3.8) is 0 Å². The molecule has 104 valence electrons. The van der Waals surface area contributed by atoms with E-state index in [1.807, 2.05) is 0 Å². The summed E-state index contributed by atoms with van der Waals surface area (Å²) in [6.45, 7) is 3.76. The normalized spacial score (nSPS) is 16.4. The average molecular weight is 264 g/mol. The number of carbonyl (C=O) groups is 1. The molecule has 0 aliphatic heterocycles. The van der Waals surface area contributed by atoms with E-state index in [4.69, 9.17) is 4.74 Å². The Kier molecular flexibility index (Phi) is 4.56. The first-order valence-electron chi connectivity index (χ1n) is 7.02. The second-order valence-corrected chi connectivity index (χ2v) is 5.47. The predicted molar refractivity (Wildman–Crippen MR) is 73.2 cm³/mol. The van der Waals surface area contributed by atoms with Crippen LogP contribution in [-0.2, 0) is 0 Å². The van der Waals surface area contributed by atoms with Gasteiger partial charge in [0.05, 0.1) is 12.2 Å². The van der Waals surface area contributed by atoms with Crippen molar-refractivity contribution in [3.05, 3.63) is 29.1 Å². The molecule has 3 heteroatoms. The van der Waals surface area contributed by atoms with E-state index in [1.165, 1.54) is 45.1 Å². The van der Waals surface area contributed by atoms with Gasteiger partial charge in [0, 0.05) is 0 Å². The molecule has 0 amide bonds. The van der Waals surface area contributed by atoms with Gasteiger partial charge in [-0.25, -0.2) is 4.39 Å². The molecule has 0 N–H and O–H groups in total. The predicted octanol–water partition coefficient (Wildman–Crippen LogP) is 4.30. The Morgan fingerprint density at radius 1 is 1.32 bits per heavy atom. The summed E-state index contributed by atoms with van der Waals surface area (Å²) in [5.41, 5.74) is 0.863. The summed E-state index contributed by atoms with van der Waals surface area (Å²) in [5, 5.41) is 0. The highest BCUT2D eigenvalue weighted by Gasteiger charge is 2.17. The number of aryl methyl sites for hydroxylation is 1. The minimum absolute atomic E-state index is 0.155. The molecule has 1 aliphatic carbocycles. The quantitative estimate of drug-likeness (QED) is 0.758. The standard InChI is InChI=1S/C16H21FO2/c1-11-8-16(14(12(2)18)9-15(11)17)19-10-13-6-4-3-5-7-13/h8-9,13H,3-7,10H2,1-2H3. The molecule has 1 fully saturated rings. The van der Waals surface area contributed by atoms with E-state index in [-0.39, 0.29) is 11.6 Å². The minimum Gasteiger partial charge on any atom is -0.493 e. The van der Waals surface area contributed by atoms with E-state index >= 15 is 0 Å². The van der Waals surface area contributed by atoms with E-state index < -0.39 is 0 Å². The van der Waals surface area contributed by atoms with Gasteiger partial charge in [0.2, 0.25) is 0 Å². The third-order valence-electron chi connectivity index (χ3n) is 3.84. The number of hydrogen-bond donors (Lipinski definition) is 0. The number of carbonyl (C=O) groups excluding carboxylic acids is 1. The molecule has 1 aromatic carbocycles. The Morgan fingerprint density at radius 2 is 2.00 bits per heavy atom. The molecule has 0 spiro atoms. The van der Waals surface area contributed by atoms with E-state index in [9.17, 15) is 9.18 Å². The summed E-state index contributed by atoms with van der Waals surface area (Å²) in [6.07, 6.45) is 6.21. The molecule has 2 nitrogen and oxygen atoms in total. The van der Waals surface area contributed by atoms with Gasteiger partial charge in [0.1, 0.15) is 11.6 Å². The summed E-state index contributed by atoms with van der Waals surface area (Å²) < 4.78 is 19.3. The summed E-state index contributed by atoms with van der Waals surface area (Å²) in [7, 11) is 0. The molecule has 0 unspecified atom stereocenters. The Hall–Kier alpha value is -1.38. The maximum absolute atomic E-state index is 13.5. The van der Waals surface area contributed by atoms with E-state index in [0.717, 1.165) is 0 Å². The average Bonchev–Trinajstić information content (AvgIpc) is 2.40. The Labute approximate surface area is 114 Å². The largest absolute Gasteiger partial charge is 0.493 e. The summed E-state index contributed by atoms with van der Waals surface area (Å²) >= 11 is 0. The Morgan fingerprint density at radius 3 is 2.63 bits per heavy atom. The molecule has 0 aromatic heterocycles. The van der Waals surface area contributed by atoms with Crippen LogP contribution in [0.5, 0.6) is 5.75 Å². The fraction of sp³-hybridized carbons (Fsp3) is 0.562. The van der Waals surface area contributed by atoms with Crippen LogP contribution in [-0.4, -0.2) is 12.4 Å². The van der Waals surface area contributed by atoms with Crippen LogP contribution in [0.15, 0.2) is 12.1 Å². The summed E-state index contributed by atoms with van der Waals surface area (Å²) in [4.78, 5) is 11.5. The number of hydrogen-bond acceptors (Lipinski definition) is 2. The zero-order chi connectivity index (χ0) is 13.8. The molecule has 0 atom stereocenters. The molecule has 1 saturated carbocycles. The van der Waals surface area contributed by atoms with Crippen molar-refractivity contribution >= 4 is 5.78 Å². The number of Topliss-reactive ketones (excluding diaryl/α,β-unsaturated/α-hetero) is 1. The van der Waals surface area contributed by atoms with Crippen molar-refractivity contribution in [2.24, 2.45) is 5.92 Å². The van der Waals surface area contributed by atoms with E-state index in [2.05, 4.69) is 0 Å². The first-order valence-corrected chi connectivity index (χ1v) is 7.02. The number of benzene rings is 1. The smallest absolute Gasteiger partial charge is 0.163 e. The molecule has 0 bridgehead atoms. The molecular weight excluding hydrogens is 243 g/mol. The van der Waals surface area contributed by atoms with Crippen molar-refractivity contribution in [3.8, 4) is 5.75 Å². The summed E-state index contributed by atoms with van der Waals surface area (Å²) in [5.74, 6) is 0.587. The third-order valence-corrected chi connectivity index (χ3v) is 3.84. The lowest BCUT2D eigenvalue weighted by molar-refractivity contribution is 0.101. The first-order chi connectivity index (χ1) is 9.08. The van der Waals surface area contributed by atoms with Gasteiger partial charge in [-0.15, -0.1) is 0 Å². The van der Waals surface area contributed by atoms with Gasteiger partial charge >= 0.3 is 0 Å². The monoisotopic (exact) mass is 264 g/mol. The Balaban J connectivity index is 2.09. The van der Waals surface area contributed by atoms with Gasteiger partial charge in [0.15, 0.2) is 5.78 Å². The molecular formula is C16H21FO2. The van der Waals surface area contributed by atoms with Crippen LogP contribution in [0.25, 0.3) is 0 Å². The number of ether oxygens (including phenoxy) is 1. The van der Waals surface area contributed by atoms with Crippen LogP contribution >= 0.6 is 0 Å². The molecule has 0 heterocycles. The molecule has 1 aromatic rings. The molecule has 1 aliphatic rings. The molecule has 0 saturated heterocycles. The van der Waals surface area contributed by atoms with Crippen molar-refractivity contribution in [1.29, 1.82) is 0 Å². The highest BCUT2D eigenvalue weighted by molar-refractivity contribution is 5.96. The van der Waals surface area contributed by atoms with Gasteiger partial charge in [0.25, 0.3) is 0 Å². The van der Waals surface area contributed by atoms with Crippen LogP contribution in [0.2, 0.25) is 0 Å².